The summed E-state index contributed by atoms with van der Waals surface area (Å²) in [7, 11) is 1.61. The Bertz CT molecular complexity index is 1100. The third-order valence-corrected chi connectivity index (χ3v) is 4.06. The first-order valence-corrected chi connectivity index (χ1v) is 8.01. The summed E-state index contributed by atoms with van der Waals surface area (Å²) in [5.74, 6) is 0.786. The van der Waals surface area contributed by atoms with Crippen molar-refractivity contribution in [3.05, 3.63) is 66.4 Å². The Morgan fingerprint density at radius 1 is 1.15 bits per heavy atom. The van der Waals surface area contributed by atoms with Crippen LogP contribution in [0.4, 0.5) is 5.95 Å². The number of amides is 1. The Labute approximate surface area is 149 Å². The molecular formula is C19H16N4O3. The lowest BCUT2D eigenvalue weighted by molar-refractivity contribution is 0.0995. The van der Waals surface area contributed by atoms with Crippen LogP contribution in [-0.4, -0.2) is 27.6 Å². The van der Waals surface area contributed by atoms with Crippen LogP contribution in [0.5, 0.6) is 5.75 Å². The number of oxazole rings is 1. The fourth-order valence-electron chi connectivity index (χ4n) is 2.85. The Morgan fingerprint density at radius 3 is 2.69 bits per heavy atom. The normalized spacial score (nSPS) is 10.8. The molecule has 26 heavy (non-hydrogen) atoms. The highest BCUT2D eigenvalue weighted by molar-refractivity contribution is 6.03. The second kappa shape index (κ2) is 6.36. The van der Waals surface area contributed by atoms with Crippen molar-refractivity contribution < 1.29 is 13.9 Å². The number of carbonyl (C=O) groups excluding carboxylic acids is 1. The maximum Gasteiger partial charge on any atom is 0.295 e. The maximum atomic E-state index is 12.6. The number of aromatic nitrogens is 3. The lowest BCUT2D eigenvalue weighted by atomic mass is 10.2. The largest absolute Gasteiger partial charge is 0.495 e. The van der Waals surface area contributed by atoms with Crippen LogP contribution in [-0.2, 0) is 0 Å². The van der Waals surface area contributed by atoms with Gasteiger partial charge in [-0.15, -0.1) is 0 Å². The number of benzene rings is 2. The van der Waals surface area contributed by atoms with E-state index in [0.717, 1.165) is 16.7 Å². The molecule has 0 unspecified atom stereocenters. The van der Waals surface area contributed by atoms with Gasteiger partial charge in [-0.05, 0) is 31.2 Å². The van der Waals surface area contributed by atoms with Gasteiger partial charge in [0.1, 0.15) is 5.75 Å². The van der Waals surface area contributed by atoms with Gasteiger partial charge >= 0.3 is 0 Å². The molecule has 0 aliphatic heterocycles. The molecule has 0 saturated heterocycles. The first kappa shape index (κ1) is 15.9. The molecule has 0 fully saturated rings. The summed E-state index contributed by atoms with van der Waals surface area (Å²) >= 11 is 0. The smallest absolute Gasteiger partial charge is 0.295 e. The molecule has 1 amide bonds. The van der Waals surface area contributed by atoms with Crippen LogP contribution in [0.2, 0.25) is 0 Å². The second-order valence-corrected chi connectivity index (χ2v) is 5.65. The van der Waals surface area contributed by atoms with Crippen LogP contribution in [0.1, 0.15) is 16.2 Å². The highest BCUT2D eigenvalue weighted by Gasteiger charge is 2.20. The molecule has 0 atom stereocenters. The van der Waals surface area contributed by atoms with Gasteiger partial charge in [-0.1, -0.05) is 24.3 Å². The number of rotatable bonds is 4. The summed E-state index contributed by atoms with van der Waals surface area (Å²) in [5.41, 5.74) is 2.89. The first-order chi connectivity index (χ1) is 12.7. The Balaban J connectivity index is 1.87. The van der Waals surface area contributed by atoms with Crippen molar-refractivity contribution >= 4 is 22.9 Å². The molecule has 130 valence electrons. The van der Waals surface area contributed by atoms with Crippen molar-refractivity contribution in [2.24, 2.45) is 0 Å². The minimum absolute atomic E-state index is 0.156. The van der Waals surface area contributed by atoms with E-state index in [9.17, 15) is 4.79 Å². The van der Waals surface area contributed by atoms with Gasteiger partial charge in [-0.3, -0.25) is 14.7 Å². The number of hydrogen-bond donors (Lipinski definition) is 1. The third kappa shape index (κ3) is 2.59. The zero-order valence-corrected chi connectivity index (χ0v) is 14.3. The van der Waals surface area contributed by atoms with Crippen LogP contribution in [0.25, 0.3) is 16.7 Å². The first-order valence-electron chi connectivity index (χ1n) is 8.01. The van der Waals surface area contributed by atoms with E-state index in [1.807, 2.05) is 53.1 Å². The van der Waals surface area contributed by atoms with Gasteiger partial charge in [0.2, 0.25) is 11.7 Å². The lowest BCUT2D eigenvalue weighted by Crippen LogP contribution is -2.16. The number of hydrogen-bond acceptors (Lipinski definition) is 5. The van der Waals surface area contributed by atoms with E-state index >= 15 is 0 Å². The quantitative estimate of drug-likeness (QED) is 0.609. The SMILES string of the molecule is COc1ccccc1-n1c(NC(=O)c2ocnc2C)nc2ccccc21. The monoisotopic (exact) mass is 348 g/mol. The highest BCUT2D eigenvalue weighted by Crippen LogP contribution is 2.30. The number of nitrogens with one attached hydrogen (secondary N) is 1. The number of anilines is 1. The summed E-state index contributed by atoms with van der Waals surface area (Å²) in [5, 5.41) is 2.82. The predicted molar refractivity (Wildman–Crippen MR) is 96.8 cm³/mol. The zero-order valence-electron chi connectivity index (χ0n) is 14.3. The summed E-state index contributed by atoms with van der Waals surface area (Å²) in [6.45, 7) is 1.71. The van der Waals surface area contributed by atoms with Gasteiger partial charge in [0.25, 0.3) is 5.91 Å². The van der Waals surface area contributed by atoms with Gasteiger partial charge in [0.05, 0.1) is 29.5 Å². The number of methoxy groups -OCH3 is 1. The van der Waals surface area contributed by atoms with E-state index < -0.39 is 5.91 Å². The number of carbonyl (C=O) groups is 1. The van der Waals surface area contributed by atoms with Crippen LogP contribution < -0.4 is 10.1 Å². The van der Waals surface area contributed by atoms with E-state index in [0.29, 0.717) is 17.4 Å². The number of nitrogens with zero attached hydrogens (tertiary/aromatic N) is 3. The van der Waals surface area contributed by atoms with Gasteiger partial charge in [0, 0.05) is 0 Å². The molecule has 0 saturated carbocycles. The van der Waals surface area contributed by atoms with Gasteiger partial charge in [-0.25, -0.2) is 9.97 Å². The molecule has 1 N–H and O–H groups in total. The Kier molecular flexibility index (Phi) is 3.89. The minimum Gasteiger partial charge on any atom is -0.495 e. The summed E-state index contributed by atoms with van der Waals surface area (Å²) in [4.78, 5) is 21.1. The molecule has 0 aliphatic carbocycles. The Hall–Kier alpha value is -3.61. The number of imidazole rings is 1. The fourth-order valence-corrected chi connectivity index (χ4v) is 2.85. The number of aryl methyl sites for hydroxylation is 1. The molecule has 2 heterocycles. The molecule has 0 aliphatic rings. The van der Waals surface area contributed by atoms with Crippen LogP contribution in [0, 0.1) is 6.92 Å². The summed E-state index contributed by atoms with van der Waals surface area (Å²) in [6.07, 6.45) is 1.24. The molecule has 4 aromatic rings. The molecule has 7 nitrogen and oxygen atoms in total. The summed E-state index contributed by atoms with van der Waals surface area (Å²) in [6, 6.07) is 15.2. The third-order valence-electron chi connectivity index (χ3n) is 4.06. The van der Waals surface area contributed by atoms with E-state index in [4.69, 9.17) is 9.15 Å². The average molecular weight is 348 g/mol. The van der Waals surface area contributed by atoms with E-state index in [1.165, 1.54) is 6.39 Å². The lowest BCUT2D eigenvalue weighted by Gasteiger charge is -2.13. The molecule has 7 heteroatoms. The molecule has 2 aromatic carbocycles. The predicted octanol–water partition coefficient (Wildman–Crippen LogP) is 3.58. The topological polar surface area (TPSA) is 82.2 Å². The number of fused-ring (bicyclic) bond motifs is 1. The molecule has 0 spiro atoms. The molecule has 0 bridgehead atoms. The maximum absolute atomic E-state index is 12.6. The van der Waals surface area contributed by atoms with Crippen LogP contribution >= 0.6 is 0 Å². The van der Waals surface area contributed by atoms with Gasteiger partial charge < -0.3 is 9.15 Å². The van der Waals surface area contributed by atoms with Crippen molar-refractivity contribution in [3.8, 4) is 11.4 Å². The number of ether oxygens (including phenoxy) is 1. The number of para-hydroxylation sites is 4. The molecule has 2 aromatic heterocycles. The van der Waals surface area contributed by atoms with Crippen molar-refractivity contribution in [2.45, 2.75) is 6.92 Å². The fraction of sp³-hybridized carbons (Fsp3) is 0.105. The van der Waals surface area contributed by atoms with Gasteiger partial charge in [0.15, 0.2) is 6.39 Å². The van der Waals surface area contributed by atoms with Crippen LogP contribution in [0.15, 0.2) is 59.3 Å². The molecule has 4 rings (SSSR count). The standard InChI is InChI=1S/C19H16N4O3/c1-12-17(26-11-20-12)18(24)22-19-21-13-7-3-4-8-14(13)23(19)15-9-5-6-10-16(15)25-2/h3-11H,1-2H3,(H,21,22,24). The van der Waals surface area contributed by atoms with E-state index in [1.54, 1.807) is 14.0 Å². The minimum atomic E-state index is -0.411. The van der Waals surface area contributed by atoms with Gasteiger partial charge in [-0.2, -0.15) is 0 Å². The average Bonchev–Trinajstić information content (AvgIpc) is 3.24. The van der Waals surface area contributed by atoms with E-state index in [2.05, 4.69) is 15.3 Å². The zero-order chi connectivity index (χ0) is 18.1. The van der Waals surface area contributed by atoms with Crippen molar-refractivity contribution in [3.63, 3.8) is 0 Å². The van der Waals surface area contributed by atoms with Crippen molar-refractivity contribution in [2.75, 3.05) is 12.4 Å². The van der Waals surface area contributed by atoms with Crippen molar-refractivity contribution in [1.82, 2.24) is 14.5 Å². The second-order valence-electron chi connectivity index (χ2n) is 5.65. The Morgan fingerprint density at radius 2 is 1.92 bits per heavy atom. The van der Waals surface area contributed by atoms with Crippen LogP contribution in [0.3, 0.4) is 0 Å². The molecular weight excluding hydrogens is 332 g/mol. The van der Waals surface area contributed by atoms with E-state index in [-0.39, 0.29) is 5.76 Å². The highest BCUT2D eigenvalue weighted by atomic mass is 16.5. The van der Waals surface area contributed by atoms with Crippen molar-refractivity contribution in [1.29, 1.82) is 0 Å². The molecule has 0 radical (unpaired) electrons. The summed E-state index contributed by atoms with van der Waals surface area (Å²) < 4.78 is 12.5.